The van der Waals surface area contributed by atoms with Crippen LogP contribution >= 0.6 is 12.4 Å². The van der Waals surface area contributed by atoms with Gasteiger partial charge in [-0.2, -0.15) is 0 Å². The molecule has 26 heavy (non-hydrogen) atoms. The SMILES string of the molecule is CN(C(=O)CC1=Cc2ccccc2C1)C1CCCCC1N1CCCC1.Cl. The molecule has 4 heteroatoms. The van der Waals surface area contributed by atoms with Crippen LogP contribution < -0.4 is 0 Å². The van der Waals surface area contributed by atoms with Gasteiger partial charge in [0, 0.05) is 25.6 Å². The van der Waals surface area contributed by atoms with Crippen LogP contribution in [0.15, 0.2) is 29.8 Å². The van der Waals surface area contributed by atoms with Crippen LogP contribution in [0.4, 0.5) is 0 Å². The van der Waals surface area contributed by atoms with Crippen molar-refractivity contribution in [3.8, 4) is 0 Å². The summed E-state index contributed by atoms with van der Waals surface area (Å²) in [7, 11) is 2.05. The van der Waals surface area contributed by atoms with E-state index in [0.29, 0.717) is 24.4 Å². The van der Waals surface area contributed by atoms with Gasteiger partial charge in [0.05, 0.1) is 0 Å². The van der Waals surface area contributed by atoms with Gasteiger partial charge >= 0.3 is 0 Å². The van der Waals surface area contributed by atoms with Gasteiger partial charge in [-0.15, -0.1) is 12.4 Å². The molecule has 0 spiro atoms. The Morgan fingerprint density at radius 3 is 2.62 bits per heavy atom. The van der Waals surface area contributed by atoms with Crippen LogP contribution in [0.1, 0.15) is 56.1 Å². The number of hydrogen-bond donors (Lipinski definition) is 0. The van der Waals surface area contributed by atoms with Crippen molar-refractivity contribution in [2.24, 2.45) is 0 Å². The third-order valence-corrected chi connectivity index (χ3v) is 6.40. The molecular weight excluding hydrogens is 344 g/mol. The second-order valence-electron chi connectivity index (χ2n) is 8.02. The predicted octanol–water partition coefficient (Wildman–Crippen LogP) is 4.30. The van der Waals surface area contributed by atoms with E-state index in [9.17, 15) is 4.79 Å². The van der Waals surface area contributed by atoms with Crippen molar-refractivity contribution < 1.29 is 4.79 Å². The first-order valence-corrected chi connectivity index (χ1v) is 9.99. The van der Waals surface area contributed by atoms with E-state index >= 15 is 0 Å². The minimum Gasteiger partial charge on any atom is -0.341 e. The van der Waals surface area contributed by atoms with Crippen molar-refractivity contribution >= 4 is 24.4 Å². The molecule has 1 amide bonds. The maximum Gasteiger partial charge on any atom is 0.226 e. The first-order valence-electron chi connectivity index (χ1n) is 9.99. The second kappa shape index (κ2) is 8.58. The summed E-state index contributed by atoms with van der Waals surface area (Å²) < 4.78 is 0. The topological polar surface area (TPSA) is 23.6 Å². The molecule has 2 atom stereocenters. The quantitative estimate of drug-likeness (QED) is 0.784. The van der Waals surface area contributed by atoms with Crippen LogP contribution in [0, 0.1) is 0 Å². The van der Waals surface area contributed by atoms with Crippen LogP contribution in [0.2, 0.25) is 0 Å². The number of halogens is 1. The Bertz CT molecular complexity index is 666. The summed E-state index contributed by atoms with van der Waals surface area (Å²) in [5.74, 6) is 0.301. The number of fused-ring (bicyclic) bond motifs is 1. The Morgan fingerprint density at radius 1 is 1.12 bits per heavy atom. The normalized spacial score (nSPS) is 25.3. The molecule has 2 unspecified atom stereocenters. The number of benzene rings is 1. The number of amides is 1. The lowest BCUT2D eigenvalue weighted by atomic mass is 9.88. The highest BCUT2D eigenvalue weighted by Gasteiger charge is 2.35. The highest BCUT2D eigenvalue weighted by Crippen LogP contribution is 2.31. The Labute approximate surface area is 163 Å². The standard InChI is InChI=1S/C22H30N2O.ClH/c1-23(20-10-4-5-11-21(20)24-12-6-7-13-24)22(25)16-17-14-18-8-2-3-9-19(18)15-17;/h2-3,8-9,14,20-21H,4-7,10-13,15-16H2,1H3;1H. The lowest BCUT2D eigenvalue weighted by Gasteiger charge is -2.42. The molecule has 3 nitrogen and oxygen atoms in total. The summed E-state index contributed by atoms with van der Waals surface area (Å²) in [6, 6.07) is 9.49. The first-order chi connectivity index (χ1) is 12.2. The van der Waals surface area contributed by atoms with Crippen molar-refractivity contribution in [1.29, 1.82) is 0 Å². The zero-order chi connectivity index (χ0) is 17.2. The molecule has 4 rings (SSSR count). The van der Waals surface area contributed by atoms with Gasteiger partial charge in [-0.3, -0.25) is 9.69 Å². The number of nitrogens with zero attached hydrogens (tertiary/aromatic N) is 2. The fourth-order valence-electron chi connectivity index (χ4n) is 5.01. The molecular formula is C22H31ClN2O. The third-order valence-electron chi connectivity index (χ3n) is 6.40. The highest BCUT2D eigenvalue weighted by atomic mass is 35.5. The molecule has 0 N–H and O–H groups in total. The summed E-state index contributed by atoms with van der Waals surface area (Å²) in [5.41, 5.74) is 3.92. The number of rotatable bonds is 4. The van der Waals surface area contributed by atoms with Gasteiger partial charge in [0.1, 0.15) is 0 Å². The van der Waals surface area contributed by atoms with Crippen molar-refractivity contribution in [3.05, 3.63) is 41.0 Å². The lowest BCUT2D eigenvalue weighted by Crippen LogP contribution is -2.53. The molecule has 2 fully saturated rings. The summed E-state index contributed by atoms with van der Waals surface area (Å²) in [6.07, 6.45) is 11.4. The van der Waals surface area contributed by atoms with E-state index in [0.717, 1.165) is 6.42 Å². The molecule has 0 radical (unpaired) electrons. The molecule has 1 aliphatic heterocycles. The molecule has 0 bridgehead atoms. The van der Waals surface area contributed by atoms with Gasteiger partial charge in [0.25, 0.3) is 0 Å². The van der Waals surface area contributed by atoms with Crippen LogP contribution in [0.3, 0.4) is 0 Å². The fraction of sp³-hybridized carbons (Fsp3) is 0.591. The Balaban J connectivity index is 0.00000196. The van der Waals surface area contributed by atoms with Gasteiger partial charge in [-0.25, -0.2) is 0 Å². The zero-order valence-electron chi connectivity index (χ0n) is 15.8. The third kappa shape index (κ3) is 3.99. The van der Waals surface area contributed by atoms with E-state index in [1.54, 1.807) is 0 Å². The summed E-state index contributed by atoms with van der Waals surface area (Å²) >= 11 is 0. The number of likely N-dealkylation sites (N-methyl/N-ethyl adjacent to an activating group) is 1. The molecule has 0 aromatic heterocycles. The van der Waals surface area contributed by atoms with Crippen molar-refractivity contribution in [2.45, 2.75) is 63.5 Å². The number of carbonyl (C=O) groups excluding carboxylic acids is 1. The first kappa shape index (κ1) is 19.4. The maximum absolute atomic E-state index is 13.0. The number of carbonyl (C=O) groups is 1. The molecule has 142 valence electrons. The Kier molecular flexibility index (Phi) is 6.42. The zero-order valence-corrected chi connectivity index (χ0v) is 16.6. The monoisotopic (exact) mass is 374 g/mol. The second-order valence-corrected chi connectivity index (χ2v) is 8.02. The molecule has 1 aromatic carbocycles. The van der Waals surface area contributed by atoms with Gasteiger partial charge < -0.3 is 4.90 Å². The highest BCUT2D eigenvalue weighted by molar-refractivity contribution is 5.85. The van der Waals surface area contributed by atoms with E-state index in [4.69, 9.17) is 0 Å². The van der Waals surface area contributed by atoms with E-state index in [1.165, 1.54) is 68.3 Å². The maximum atomic E-state index is 13.0. The van der Waals surface area contributed by atoms with E-state index in [2.05, 4.69) is 40.1 Å². The van der Waals surface area contributed by atoms with Crippen LogP contribution in [-0.4, -0.2) is 47.9 Å². The minimum atomic E-state index is 0. The van der Waals surface area contributed by atoms with Crippen molar-refractivity contribution in [2.75, 3.05) is 20.1 Å². The van der Waals surface area contributed by atoms with Crippen molar-refractivity contribution in [3.63, 3.8) is 0 Å². The van der Waals surface area contributed by atoms with Gasteiger partial charge in [-0.05, 0) is 56.3 Å². The van der Waals surface area contributed by atoms with E-state index < -0.39 is 0 Å². The molecule has 3 aliphatic rings. The predicted molar refractivity (Wildman–Crippen MR) is 110 cm³/mol. The average Bonchev–Trinajstić information content (AvgIpc) is 3.30. The van der Waals surface area contributed by atoms with Crippen LogP contribution in [0.25, 0.3) is 6.08 Å². The lowest BCUT2D eigenvalue weighted by molar-refractivity contribution is -0.133. The number of hydrogen-bond acceptors (Lipinski definition) is 2. The molecule has 1 saturated carbocycles. The molecule has 1 aromatic rings. The smallest absolute Gasteiger partial charge is 0.226 e. The molecule has 1 heterocycles. The molecule has 1 saturated heterocycles. The largest absolute Gasteiger partial charge is 0.341 e. The minimum absolute atomic E-state index is 0. The van der Waals surface area contributed by atoms with Crippen LogP contribution in [-0.2, 0) is 11.2 Å². The van der Waals surface area contributed by atoms with E-state index in [-0.39, 0.29) is 12.4 Å². The number of likely N-dealkylation sites (tertiary alicyclic amines) is 1. The summed E-state index contributed by atoms with van der Waals surface area (Å²) in [4.78, 5) is 17.7. The van der Waals surface area contributed by atoms with E-state index in [1.807, 2.05) is 7.05 Å². The summed E-state index contributed by atoms with van der Waals surface area (Å²) in [5, 5.41) is 0. The Morgan fingerprint density at radius 2 is 1.85 bits per heavy atom. The average molecular weight is 375 g/mol. The van der Waals surface area contributed by atoms with Gasteiger partial charge in [0.2, 0.25) is 5.91 Å². The fourth-order valence-corrected chi connectivity index (χ4v) is 5.01. The van der Waals surface area contributed by atoms with Gasteiger partial charge in [-0.1, -0.05) is 48.8 Å². The molecule has 2 aliphatic carbocycles. The van der Waals surface area contributed by atoms with Gasteiger partial charge in [0.15, 0.2) is 0 Å². The van der Waals surface area contributed by atoms with Crippen molar-refractivity contribution in [1.82, 2.24) is 9.80 Å². The summed E-state index contributed by atoms with van der Waals surface area (Å²) in [6.45, 7) is 2.45. The Hall–Kier alpha value is -1.32. The van der Waals surface area contributed by atoms with Crippen LogP contribution in [0.5, 0.6) is 0 Å².